The van der Waals surface area contributed by atoms with Gasteiger partial charge in [0, 0.05) is 57.5 Å². The van der Waals surface area contributed by atoms with Gasteiger partial charge < -0.3 is 15.0 Å². The second kappa shape index (κ2) is 15.7. The summed E-state index contributed by atoms with van der Waals surface area (Å²) < 4.78 is 34.9. The van der Waals surface area contributed by atoms with Crippen LogP contribution in [-0.2, 0) is 38.7 Å². The van der Waals surface area contributed by atoms with Crippen LogP contribution in [0.1, 0.15) is 130 Å². The second-order valence-corrected chi connectivity index (χ2v) is 19.5. The molecule has 0 aromatic heterocycles. The van der Waals surface area contributed by atoms with Crippen molar-refractivity contribution in [1.82, 2.24) is 14.5 Å². The van der Waals surface area contributed by atoms with Crippen LogP contribution >= 0.6 is 0 Å². The third kappa shape index (κ3) is 8.17. The van der Waals surface area contributed by atoms with Gasteiger partial charge in [-0.2, -0.15) is 0 Å². The van der Waals surface area contributed by atoms with E-state index in [2.05, 4.69) is 19.2 Å². The molecular formula is C39H61N3O8S. The zero-order valence-corrected chi connectivity index (χ0v) is 32.0. The minimum absolute atomic E-state index is 0.0410. The molecule has 1 N–H and O–H groups in total. The van der Waals surface area contributed by atoms with Crippen molar-refractivity contribution >= 4 is 39.2 Å². The lowest BCUT2D eigenvalue weighted by Gasteiger charge is -2.41. The van der Waals surface area contributed by atoms with Gasteiger partial charge in [0.15, 0.2) is 5.78 Å². The fourth-order valence-electron chi connectivity index (χ4n) is 10.3. The van der Waals surface area contributed by atoms with E-state index in [0.717, 1.165) is 64.2 Å². The van der Waals surface area contributed by atoms with Crippen molar-refractivity contribution in [3.63, 3.8) is 0 Å². The number of carbonyl (C=O) groups is 5. The van der Waals surface area contributed by atoms with Crippen molar-refractivity contribution < 1.29 is 37.1 Å². The predicted octanol–water partition coefficient (Wildman–Crippen LogP) is 4.60. The molecule has 3 saturated carbocycles. The summed E-state index contributed by atoms with van der Waals surface area (Å²) in [5, 5.41) is 2.22. The van der Waals surface area contributed by atoms with E-state index in [1.807, 2.05) is 6.92 Å². The fraction of sp³-hybridized carbons (Fsp3) is 0.872. The Labute approximate surface area is 304 Å². The maximum atomic E-state index is 14.6. The summed E-state index contributed by atoms with van der Waals surface area (Å²) in [5.41, 5.74) is -0.763. The monoisotopic (exact) mass is 731 g/mol. The van der Waals surface area contributed by atoms with Crippen LogP contribution in [0.2, 0.25) is 0 Å². The number of nitrogens with one attached hydrogen (secondary N) is 1. The number of piperidine rings is 1. The summed E-state index contributed by atoms with van der Waals surface area (Å²) >= 11 is 0. The number of ether oxygens (including phenoxy) is 1. The first-order valence-electron chi connectivity index (χ1n) is 20.1. The van der Waals surface area contributed by atoms with E-state index in [-0.39, 0.29) is 66.6 Å². The lowest BCUT2D eigenvalue weighted by molar-refractivity contribution is -0.147. The van der Waals surface area contributed by atoms with Crippen LogP contribution in [0.4, 0.5) is 0 Å². The smallest absolute Gasteiger partial charge is 0.287 e. The number of rotatable bonds is 9. The molecule has 12 heteroatoms. The molecule has 3 aliphatic heterocycles. The van der Waals surface area contributed by atoms with Gasteiger partial charge >= 0.3 is 0 Å². The molecule has 286 valence electrons. The maximum Gasteiger partial charge on any atom is 0.287 e. The molecule has 6 aliphatic rings. The lowest BCUT2D eigenvalue weighted by Crippen LogP contribution is -2.50. The molecule has 2 amide bonds. The number of Topliss-reactive ketones (excluding diaryl/α,β-unsaturated/α-hetero) is 3. The van der Waals surface area contributed by atoms with E-state index in [9.17, 15) is 32.4 Å². The average molecular weight is 732 g/mol. The Morgan fingerprint density at radius 2 is 1.61 bits per heavy atom. The number of hydrogen-bond donors (Lipinski definition) is 1. The first kappa shape index (κ1) is 38.5. The zero-order chi connectivity index (χ0) is 36.6. The Morgan fingerprint density at radius 3 is 2.29 bits per heavy atom. The topological polar surface area (TPSA) is 147 Å². The van der Waals surface area contributed by atoms with Gasteiger partial charge in [-0.15, -0.1) is 0 Å². The highest BCUT2D eigenvalue weighted by molar-refractivity contribution is 7.90. The van der Waals surface area contributed by atoms with Gasteiger partial charge in [-0.05, 0) is 67.6 Å². The summed E-state index contributed by atoms with van der Waals surface area (Å²) in [4.78, 5) is 70.9. The van der Waals surface area contributed by atoms with E-state index in [1.54, 1.807) is 9.21 Å². The second-order valence-electron chi connectivity index (χ2n) is 17.4. The quantitative estimate of drug-likeness (QED) is 0.339. The minimum atomic E-state index is -3.52. The van der Waals surface area contributed by atoms with Crippen LogP contribution in [0.3, 0.4) is 0 Å². The van der Waals surface area contributed by atoms with Gasteiger partial charge in [0.1, 0.15) is 5.78 Å². The van der Waals surface area contributed by atoms with Crippen LogP contribution in [0.5, 0.6) is 0 Å². The molecule has 6 atom stereocenters. The standard InChI is InChI=1S/C39H61N3O8S/c1-4-41-19-16-32(51(41,48)49)39(17-10-8-11-18-39)23-29(43)21-27-25-50-20-12-7-5-6-9-13-26(35(45)36(46)40-28-14-15-28)22-31(44)34-33-30(38(33,2)3)24-42(34)37(27)47/h26-28,30,32-34H,4-25H2,1-3H3,(H,40,46)/t26-,27+,30+,32+,33+,34-/m1/s1. The summed E-state index contributed by atoms with van der Waals surface area (Å²) in [7, 11) is -3.52. The fourth-order valence-corrected chi connectivity index (χ4v) is 12.8. The molecule has 3 aliphatic carbocycles. The highest BCUT2D eigenvalue weighted by Crippen LogP contribution is 2.65. The number of sulfonamides is 1. The first-order chi connectivity index (χ1) is 24.3. The van der Waals surface area contributed by atoms with E-state index >= 15 is 0 Å². The molecule has 0 radical (unpaired) electrons. The largest absolute Gasteiger partial charge is 0.381 e. The molecule has 3 saturated heterocycles. The van der Waals surface area contributed by atoms with E-state index in [4.69, 9.17) is 4.74 Å². The van der Waals surface area contributed by atoms with Crippen molar-refractivity contribution in [3.05, 3.63) is 0 Å². The third-order valence-electron chi connectivity index (χ3n) is 13.6. The molecule has 51 heavy (non-hydrogen) atoms. The van der Waals surface area contributed by atoms with Crippen molar-refractivity contribution in [2.75, 3.05) is 32.8 Å². The molecule has 0 spiro atoms. The van der Waals surface area contributed by atoms with Gasteiger partial charge in [-0.1, -0.05) is 65.7 Å². The molecule has 0 aromatic carbocycles. The molecule has 0 bridgehead atoms. The highest BCUT2D eigenvalue weighted by atomic mass is 32.2. The van der Waals surface area contributed by atoms with Gasteiger partial charge in [0.2, 0.25) is 21.7 Å². The van der Waals surface area contributed by atoms with Gasteiger partial charge in [-0.25, -0.2) is 12.7 Å². The summed E-state index contributed by atoms with van der Waals surface area (Å²) in [6, 6.07) is -0.666. The van der Waals surface area contributed by atoms with E-state index < -0.39 is 50.3 Å². The molecule has 11 nitrogen and oxygen atoms in total. The number of carbonyl (C=O) groups excluding carboxylic acids is 5. The maximum absolute atomic E-state index is 14.6. The number of nitrogens with zero attached hydrogens (tertiary/aromatic N) is 2. The third-order valence-corrected chi connectivity index (χ3v) is 16.2. The number of amides is 2. The van der Waals surface area contributed by atoms with Crippen molar-refractivity contribution in [1.29, 1.82) is 0 Å². The van der Waals surface area contributed by atoms with Crippen molar-refractivity contribution in [2.24, 2.45) is 34.5 Å². The summed E-state index contributed by atoms with van der Waals surface area (Å²) in [5.74, 6) is -3.09. The summed E-state index contributed by atoms with van der Waals surface area (Å²) in [6.07, 6.45) is 11.2. The Morgan fingerprint density at radius 1 is 0.922 bits per heavy atom. The predicted molar refractivity (Wildman–Crippen MR) is 192 cm³/mol. The Balaban J connectivity index is 1.22. The SMILES string of the molecule is CCN1CC[C@@H](C2(CC(=O)C[C@H]3COCCCCCCC[C@@H](C(=O)C(=O)NC4CC4)CC(=O)[C@@H]4[C@@H]5[C@H](CN4C3=O)C5(C)C)CCCCC2)S1(=O)=O. The van der Waals surface area contributed by atoms with Crippen LogP contribution in [0.15, 0.2) is 0 Å². The van der Waals surface area contributed by atoms with Gasteiger partial charge in [0.25, 0.3) is 5.91 Å². The molecule has 3 heterocycles. The zero-order valence-electron chi connectivity index (χ0n) is 31.2. The average Bonchev–Trinajstić information content (AvgIpc) is 3.88. The molecular weight excluding hydrogens is 671 g/mol. The lowest BCUT2D eigenvalue weighted by atomic mass is 9.67. The molecule has 0 unspecified atom stereocenters. The van der Waals surface area contributed by atoms with Crippen LogP contribution in [0.25, 0.3) is 0 Å². The molecule has 0 aromatic rings. The normalized spacial score (nSPS) is 34.4. The van der Waals surface area contributed by atoms with Crippen molar-refractivity contribution in [2.45, 2.75) is 147 Å². The van der Waals surface area contributed by atoms with Crippen LogP contribution in [0, 0.1) is 34.5 Å². The van der Waals surface area contributed by atoms with E-state index in [0.29, 0.717) is 51.9 Å². The first-order valence-corrected chi connectivity index (χ1v) is 21.6. The summed E-state index contributed by atoms with van der Waals surface area (Å²) in [6.45, 7) is 7.93. The number of fused-ring (bicyclic) bond motifs is 3. The highest BCUT2D eigenvalue weighted by Gasteiger charge is 2.69. The van der Waals surface area contributed by atoms with Crippen molar-refractivity contribution in [3.8, 4) is 0 Å². The Hall–Kier alpha value is -2.18. The molecule has 6 fully saturated rings. The van der Waals surface area contributed by atoms with Gasteiger partial charge in [0.05, 0.1) is 23.8 Å². The van der Waals surface area contributed by atoms with Crippen LogP contribution < -0.4 is 5.32 Å². The number of ketones is 3. The molecule has 6 rings (SSSR count). The Kier molecular flexibility index (Phi) is 11.8. The number of hydrogen-bond acceptors (Lipinski definition) is 8. The Bertz CT molecular complexity index is 1450. The van der Waals surface area contributed by atoms with E-state index in [1.165, 1.54) is 0 Å². The van der Waals surface area contributed by atoms with Gasteiger partial charge in [-0.3, -0.25) is 24.0 Å². The minimum Gasteiger partial charge on any atom is -0.381 e. The van der Waals surface area contributed by atoms with Crippen LogP contribution in [-0.4, -0.2) is 97.0 Å².